The van der Waals surface area contributed by atoms with Gasteiger partial charge in [0.05, 0.1) is 0 Å². The lowest BCUT2D eigenvalue weighted by Gasteiger charge is -2.32. The summed E-state index contributed by atoms with van der Waals surface area (Å²) < 4.78 is 0. The molecule has 3 aromatic rings. The van der Waals surface area contributed by atoms with Crippen LogP contribution in [0.3, 0.4) is 0 Å². The third kappa shape index (κ3) is 6.21. The average molecular weight is 448 g/mol. The number of carbonyl (C=O) groups is 2. The fraction of sp³-hybridized carbons (Fsp3) is 0.385. The number of carbonyl (C=O) groups excluding carboxylic acids is 2. The molecule has 0 saturated carbocycles. The molecule has 1 fully saturated rings. The Morgan fingerprint density at radius 2 is 1.79 bits per heavy atom. The Morgan fingerprint density at radius 3 is 2.58 bits per heavy atom. The molecule has 2 amide bonds. The van der Waals surface area contributed by atoms with Crippen LogP contribution in [0.1, 0.15) is 23.6 Å². The standard InChI is InChI=1S/C26H33N5O2/c1-19(32)29-25(15-22-17-27-24-9-4-3-8-23(22)24)26(33)28-16-20-6-5-7-21(14-20)18-31-12-10-30(2)11-13-31/h3-9,14,17,25,27H,10-13,15-16,18H2,1-2H3,(H,28,33)(H,29,32). The maximum atomic E-state index is 13.0. The molecule has 1 atom stereocenters. The second-order valence-corrected chi connectivity index (χ2v) is 8.93. The molecule has 3 N–H and O–H groups in total. The summed E-state index contributed by atoms with van der Waals surface area (Å²) in [6.07, 6.45) is 2.34. The third-order valence-corrected chi connectivity index (χ3v) is 6.25. The van der Waals surface area contributed by atoms with Crippen LogP contribution in [0, 0.1) is 0 Å². The number of likely N-dealkylation sites (N-methyl/N-ethyl adjacent to an activating group) is 1. The highest BCUT2D eigenvalue weighted by molar-refractivity contribution is 5.89. The van der Waals surface area contributed by atoms with Gasteiger partial charge in [-0.1, -0.05) is 42.5 Å². The monoisotopic (exact) mass is 447 g/mol. The van der Waals surface area contributed by atoms with E-state index in [0.29, 0.717) is 13.0 Å². The van der Waals surface area contributed by atoms with Gasteiger partial charge in [-0.05, 0) is 29.8 Å². The molecule has 1 aliphatic rings. The fourth-order valence-corrected chi connectivity index (χ4v) is 4.39. The van der Waals surface area contributed by atoms with Crippen molar-refractivity contribution in [2.45, 2.75) is 32.5 Å². The summed E-state index contributed by atoms with van der Waals surface area (Å²) in [4.78, 5) is 32.8. The minimum Gasteiger partial charge on any atom is -0.361 e. The van der Waals surface area contributed by atoms with Gasteiger partial charge in [0.15, 0.2) is 0 Å². The van der Waals surface area contributed by atoms with E-state index in [1.54, 1.807) is 0 Å². The zero-order valence-electron chi connectivity index (χ0n) is 19.4. The first kappa shape index (κ1) is 23.0. The number of piperazine rings is 1. The molecule has 2 aromatic carbocycles. The lowest BCUT2D eigenvalue weighted by Crippen LogP contribution is -2.47. The van der Waals surface area contributed by atoms with Crippen molar-refractivity contribution in [1.29, 1.82) is 0 Å². The zero-order chi connectivity index (χ0) is 23.2. The molecule has 1 unspecified atom stereocenters. The molecule has 1 aromatic heterocycles. The van der Waals surface area contributed by atoms with Gasteiger partial charge in [0.25, 0.3) is 0 Å². The van der Waals surface area contributed by atoms with E-state index in [1.165, 1.54) is 12.5 Å². The van der Waals surface area contributed by atoms with Crippen LogP contribution in [0.4, 0.5) is 0 Å². The quantitative estimate of drug-likeness (QED) is 0.495. The second kappa shape index (κ2) is 10.6. The van der Waals surface area contributed by atoms with Crippen molar-refractivity contribution in [2.75, 3.05) is 33.2 Å². The number of nitrogens with zero attached hydrogens (tertiary/aromatic N) is 2. The number of amides is 2. The fourth-order valence-electron chi connectivity index (χ4n) is 4.39. The van der Waals surface area contributed by atoms with Gasteiger partial charge in [-0.2, -0.15) is 0 Å². The van der Waals surface area contributed by atoms with Crippen LogP contribution in [-0.2, 0) is 29.1 Å². The second-order valence-electron chi connectivity index (χ2n) is 8.93. The first-order valence-corrected chi connectivity index (χ1v) is 11.6. The molecule has 7 nitrogen and oxygen atoms in total. The van der Waals surface area contributed by atoms with E-state index in [-0.39, 0.29) is 11.8 Å². The first-order valence-electron chi connectivity index (χ1n) is 11.6. The van der Waals surface area contributed by atoms with Gasteiger partial charge in [-0.15, -0.1) is 0 Å². The predicted octanol–water partition coefficient (Wildman–Crippen LogP) is 2.28. The van der Waals surface area contributed by atoms with E-state index in [2.05, 4.69) is 44.6 Å². The topological polar surface area (TPSA) is 80.5 Å². The number of fused-ring (bicyclic) bond motifs is 1. The molecule has 1 saturated heterocycles. The molecular weight excluding hydrogens is 414 g/mol. The Labute approximate surface area is 195 Å². The summed E-state index contributed by atoms with van der Waals surface area (Å²) in [6.45, 7) is 7.13. The minimum atomic E-state index is -0.629. The van der Waals surface area contributed by atoms with E-state index in [1.807, 2.05) is 42.6 Å². The number of aromatic nitrogens is 1. The van der Waals surface area contributed by atoms with Crippen molar-refractivity contribution in [3.8, 4) is 0 Å². The van der Waals surface area contributed by atoms with Crippen LogP contribution in [0.25, 0.3) is 10.9 Å². The van der Waals surface area contributed by atoms with E-state index >= 15 is 0 Å². The highest BCUT2D eigenvalue weighted by Gasteiger charge is 2.21. The van der Waals surface area contributed by atoms with Crippen LogP contribution in [-0.4, -0.2) is 65.9 Å². The number of hydrogen-bond donors (Lipinski definition) is 3. The molecule has 1 aliphatic heterocycles. The van der Waals surface area contributed by atoms with Crippen LogP contribution in [0.15, 0.2) is 54.7 Å². The van der Waals surface area contributed by atoms with Crippen molar-refractivity contribution in [3.63, 3.8) is 0 Å². The number of nitrogens with one attached hydrogen (secondary N) is 3. The number of H-pyrrole nitrogens is 1. The Bertz CT molecular complexity index is 1100. The van der Waals surface area contributed by atoms with Crippen molar-refractivity contribution in [1.82, 2.24) is 25.4 Å². The molecule has 4 rings (SSSR count). The molecule has 0 bridgehead atoms. The van der Waals surface area contributed by atoms with Crippen LogP contribution in [0.2, 0.25) is 0 Å². The van der Waals surface area contributed by atoms with Crippen molar-refractivity contribution in [3.05, 3.63) is 71.4 Å². The summed E-state index contributed by atoms with van der Waals surface area (Å²) in [6, 6.07) is 15.7. The number of para-hydroxylation sites is 1. The Hall–Kier alpha value is -3.16. The maximum absolute atomic E-state index is 13.0. The summed E-state index contributed by atoms with van der Waals surface area (Å²) in [5.74, 6) is -0.399. The molecule has 0 spiro atoms. The third-order valence-electron chi connectivity index (χ3n) is 6.25. The first-order chi connectivity index (χ1) is 16.0. The molecule has 0 radical (unpaired) electrons. The lowest BCUT2D eigenvalue weighted by molar-refractivity contribution is -0.128. The van der Waals surface area contributed by atoms with Gasteiger partial charge in [-0.3, -0.25) is 14.5 Å². The molecule has 7 heteroatoms. The van der Waals surface area contributed by atoms with Gasteiger partial charge in [0.1, 0.15) is 6.04 Å². The van der Waals surface area contributed by atoms with Crippen LogP contribution in [0.5, 0.6) is 0 Å². The van der Waals surface area contributed by atoms with Crippen LogP contribution < -0.4 is 10.6 Å². The molecule has 33 heavy (non-hydrogen) atoms. The SMILES string of the molecule is CC(=O)NC(Cc1c[nH]c2ccccc12)C(=O)NCc1cccc(CN2CCN(C)CC2)c1. The van der Waals surface area contributed by atoms with Crippen molar-refractivity contribution >= 4 is 22.7 Å². The normalized spacial score (nSPS) is 15.9. The molecule has 2 heterocycles. The maximum Gasteiger partial charge on any atom is 0.243 e. The predicted molar refractivity (Wildman–Crippen MR) is 131 cm³/mol. The highest BCUT2D eigenvalue weighted by Crippen LogP contribution is 2.19. The number of benzene rings is 2. The van der Waals surface area contributed by atoms with Crippen LogP contribution >= 0.6 is 0 Å². The van der Waals surface area contributed by atoms with Gasteiger partial charge in [0, 0.05) is 69.7 Å². The minimum absolute atomic E-state index is 0.181. The van der Waals surface area contributed by atoms with E-state index in [4.69, 9.17) is 0 Å². The largest absolute Gasteiger partial charge is 0.361 e. The van der Waals surface area contributed by atoms with E-state index < -0.39 is 6.04 Å². The Balaban J connectivity index is 1.37. The van der Waals surface area contributed by atoms with Crippen molar-refractivity contribution in [2.24, 2.45) is 0 Å². The van der Waals surface area contributed by atoms with E-state index in [0.717, 1.165) is 54.8 Å². The number of aromatic amines is 1. The zero-order valence-corrected chi connectivity index (χ0v) is 19.4. The highest BCUT2D eigenvalue weighted by atomic mass is 16.2. The van der Waals surface area contributed by atoms with E-state index in [9.17, 15) is 9.59 Å². The molecule has 174 valence electrons. The summed E-state index contributed by atoms with van der Waals surface area (Å²) in [5, 5.41) is 6.90. The smallest absolute Gasteiger partial charge is 0.243 e. The van der Waals surface area contributed by atoms with Gasteiger partial charge < -0.3 is 20.5 Å². The number of hydrogen-bond acceptors (Lipinski definition) is 4. The Kier molecular flexibility index (Phi) is 7.42. The summed E-state index contributed by atoms with van der Waals surface area (Å²) >= 11 is 0. The summed E-state index contributed by atoms with van der Waals surface area (Å²) in [5.41, 5.74) is 4.34. The summed E-state index contributed by atoms with van der Waals surface area (Å²) in [7, 11) is 2.16. The average Bonchev–Trinajstić information content (AvgIpc) is 3.21. The van der Waals surface area contributed by atoms with Gasteiger partial charge >= 0.3 is 0 Å². The lowest BCUT2D eigenvalue weighted by atomic mass is 10.0. The molecular formula is C26H33N5O2. The number of rotatable bonds is 8. The molecule has 0 aliphatic carbocycles. The van der Waals surface area contributed by atoms with Gasteiger partial charge in [-0.25, -0.2) is 0 Å². The van der Waals surface area contributed by atoms with Gasteiger partial charge in [0.2, 0.25) is 11.8 Å². The Morgan fingerprint density at radius 1 is 1.03 bits per heavy atom. The van der Waals surface area contributed by atoms with Crippen molar-refractivity contribution < 1.29 is 9.59 Å².